The van der Waals surface area contributed by atoms with Crippen molar-refractivity contribution in [3.63, 3.8) is 0 Å². The first-order valence-corrected chi connectivity index (χ1v) is 11.6. The first kappa shape index (κ1) is 24.6. The maximum atomic E-state index is 14.5. The molecule has 0 saturated carbocycles. The zero-order valence-electron chi connectivity index (χ0n) is 19.7. The third kappa shape index (κ3) is 4.70. The first-order chi connectivity index (χ1) is 17.8. The summed E-state index contributed by atoms with van der Waals surface area (Å²) in [6.45, 7) is 0.453. The number of nitrogens with zero attached hydrogens (tertiary/aromatic N) is 6. The highest BCUT2D eigenvalue weighted by Gasteiger charge is 2.34. The number of aromatic nitrogens is 5. The Kier molecular flexibility index (Phi) is 6.48. The van der Waals surface area contributed by atoms with Crippen molar-refractivity contribution in [3.05, 3.63) is 82.2 Å². The summed E-state index contributed by atoms with van der Waals surface area (Å²) in [4.78, 5) is 31.6. The molecule has 4 aromatic heterocycles. The van der Waals surface area contributed by atoms with Gasteiger partial charge >= 0.3 is 6.18 Å². The summed E-state index contributed by atoms with van der Waals surface area (Å²) in [5.74, 6) is -0.486. The molecule has 192 valence electrons. The molecule has 0 atom stereocenters. The van der Waals surface area contributed by atoms with Gasteiger partial charge in [-0.2, -0.15) is 17.6 Å². The van der Waals surface area contributed by atoms with Crippen molar-refractivity contribution in [3.8, 4) is 5.75 Å². The average molecular weight is 514 g/mol. The number of ether oxygens (including phenoxy) is 1. The van der Waals surface area contributed by atoms with Crippen molar-refractivity contribution in [1.29, 1.82) is 0 Å². The molecular formula is C25H22F4N6O2. The van der Waals surface area contributed by atoms with Crippen molar-refractivity contribution in [2.75, 3.05) is 25.1 Å². The molecule has 37 heavy (non-hydrogen) atoms. The van der Waals surface area contributed by atoms with Crippen molar-refractivity contribution < 1.29 is 22.3 Å². The van der Waals surface area contributed by atoms with Crippen LogP contribution in [0.15, 0.2) is 53.8 Å². The molecule has 0 N–H and O–H groups in total. The van der Waals surface area contributed by atoms with Gasteiger partial charge in [0, 0.05) is 49.5 Å². The van der Waals surface area contributed by atoms with E-state index in [0.29, 0.717) is 42.8 Å². The molecule has 0 bridgehead atoms. The van der Waals surface area contributed by atoms with Gasteiger partial charge in [-0.05, 0) is 37.0 Å². The molecule has 1 aliphatic rings. The molecule has 0 aromatic carbocycles. The smallest absolute Gasteiger partial charge is 0.418 e. The number of pyridine rings is 3. The molecule has 1 aliphatic heterocycles. The van der Waals surface area contributed by atoms with Crippen molar-refractivity contribution in [2.24, 2.45) is 0 Å². The lowest BCUT2D eigenvalue weighted by molar-refractivity contribution is -0.138. The monoisotopic (exact) mass is 514 g/mol. The quantitative estimate of drug-likeness (QED) is 0.292. The van der Waals surface area contributed by atoms with Crippen LogP contribution in [0.3, 0.4) is 0 Å². The zero-order chi connectivity index (χ0) is 26.2. The summed E-state index contributed by atoms with van der Waals surface area (Å²) in [5, 5.41) is 0. The fraction of sp³-hybridized carbons (Fsp3) is 0.320. The SMILES string of the molecule is COc1ccnc(F)c1N1CCC(c2cc3nccnc3n(Cc3ncccc3C(F)(F)F)c2=O)CC1. The summed E-state index contributed by atoms with van der Waals surface area (Å²) < 4.78 is 61.7. The molecule has 5 rings (SSSR count). The Labute approximate surface area is 208 Å². The molecular weight excluding hydrogens is 492 g/mol. The summed E-state index contributed by atoms with van der Waals surface area (Å²) in [6.07, 6.45) is 1.83. The van der Waals surface area contributed by atoms with Crippen LogP contribution >= 0.6 is 0 Å². The minimum atomic E-state index is -4.62. The van der Waals surface area contributed by atoms with Gasteiger partial charge < -0.3 is 9.64 Å². The predicted molar refractivity (Wildman–Crippen MR) is 127 cm³/mol. The van der Waals surface area contributed by atoms with E-state index in [0.717, 1.165) is 6.07 Å². The van der Waals surface area contributed by atoms with Crippen LogP contribution in [0.1, 0.15) is 35.6 Å². The second-order valence-electron chi connectivity index (χ2n) is 8.67. The van der Waals surface area contributed by atoms with E-state index in [-0.39, 0.29) is 22.9 Å². The second-order valence-corrected chi connectivity index (χ2v) is 8.67. The van der Waals surface area contributed by atoms with Crippen LogP contribution in [-0.4, -0.2) is 44.7 Å². The van der Waals surface area contributed by atoms with Crippen LogP contribution in [0.4, 0.5) is 23.2 Å². The number of anilines is 1. The summed E-state index contributed by atoms with van der Waals surface area (Å²) in [6, 6.07) is 5.37. The van der Waals surface area contributed by atoms with E-state index in [1.807, 2.05) is 4.90 Å². The van der Waals surface area contributed by atoms with Crippen molar-refractivity contribution in [2.45, 2.75) is 31.5 Å². The molecule has 0 spiro atoms. The highest BCUT2D eigenvalue weighted by molar-refractivity contribution is 5.71. The predicted octanol–water partition coefficient (Wildman–Crippen LogP) is 4.18. The molecule has 0 unspecified atom stereocenters. The van der Waals surface area contributed by atoms with E-state index < -0.39 is 29.8 Å². The first-order valence-electron chi connectivity index (χ1n) is 11.6. The fourth-order valence-corrected chi connectivity index (χ4v) is 4.80. The lowest BCUT2D eigenvalue weighted by atomic mass is 9.89. The number of hydrogen-bond donors (Lipinski definition) is 0. The van der Waals surface area contributed by atoms with E-state index >= 15 is 0 Å². The van der Waals surface area contributed by atoms with E-state index in [2.05, 4.69) is 19.9 Å². The summed E-state index contributed by atoms with van der Waals surface area (Å²) >= 11 is 0. The zero-order valence-corrected chi connectivity index (χ0v) is 19.7. The number of rotatable bonds is 5. The Morgan fingerprint density at radius 1 is 1.03 bits per heavy atom. The van der Waals surface area contributed by atoms with Gasteiger partial charge in [0.1, 0.15) is 17.0 Å². The molecule has 1 fully saturated rings. The number of halogens is 4. The molecule has 0 aliphatic carbocycles. The molecule has 5 heterocycles. The lowest BCUT2D eigenvalue weighted by Gasteiger charge is -2.34. The third-order valence-corrected chi connectivity index (χ3v) is 6.56. The second kappa shape index (κ2) is 9.75. The van der Waals surface area contributed by atoms with Crippen LogP contribution in [0.25, 0.3) is 11.2 Å². The average Bonchev–Trinajstić information content (AvgIpc) is 2.90. The minimum Gasteiger partial charge on any atom is -0.494 e. The maximum absolute atomic E-state index is 14.5. The van der Waals surface area contributed by atoms with Crippen LogP contribution in [-0.2, 0) is 12.7 Å². The minimum absolute atomic E-state index is 0.176. The Morgan fingerprint density at radius 3 is 2.51 bits per heavy atom. The highest BCUT2D eigenvalue weighted by Crippen LogP contribution is 2.36. The number of hydrogen-bond acceptors (Lipinski definition) is 7. The van der Waals surface area contributed by atoms with Gasteiger partial charge in [-0.25, -0.2) is 9.97 Å². The van der Waals surface area contributed by atoms with Crippen LogP contribution < -0.4 is 15.2 Å². The molecule has 0 radical (unpaired) electrons. The van der Waals surface area contributed by atoms with Gasteiger partial charge in [0.25, 0.3) is 5.56 Å². The van der Waals surface area contributed by atoms with E-state index in [1.165, 1.54) is 42.5 Å². The molecule has 4 aromatic rings. The van der Waals surface area contributed by atoms with Gasteiger partial charge in [-0.15, -0.1) is 0 Å². The van der Waals surface area contributed by atoms with Crippen LogP contribution in [0, 0.1) is 5.95 Å². The standard InChI is InChI=1S/C25H22F4N6O2/c1-37-20-4-8-32-22(26)21(20)34-11-5-15(6-12-34)16-13-18-23(33-10-9-31-18)35(24(16)36)14-19-17(25(27,28)29)3-2-7-30-19/h2-4,7-10,13,15H,5-6,11-12,14H2,1H3. The van der Waals surface area contributed by atoms with Crippen molar-refractivity contribution in [1.82, 2.24) is 24.5 Å². The Morgan fingerprint density at radius 2 is 1.78 bits per heavy atom. The number of piperidine rings is 1. The normalized spacial score (nSPS) is 14.8. The summed E-state index contributed by atoms with van der Waals surface area (Å²) in [7, 11) is 1.45. The molecule has 12 heteroatoms. The number of methoxy groups -OCH3 is 1. The maximum Gasteiger partial charge on any atom is 0.418 e. The van der Waals surface area contributed by atoms with E-state index in [4.69, 9.17) is 4.74 Å². The Hall–Kier alpha value is -4.09. The number of fused-ring (bicyclic) bond motifs is 1. The third-order valence-electron chi connectivity index (χ3n) is 6.56. The van der Waals surface area contributed by atoms with Gasteiger partial charge in [0.05, 0.1) is 24.9 Å². The van der Waals surface area contributed by atoms with Gasteiger partial charge in [0.15, 0.2) is 5.65 Å². The van der Waals surface area contributed by atoms with Gasteiger partial charge in [-0.3, -0.25) is 19.3 Å². The molecule has 1 saturated heterocycles. The Bertz CT molecular complexity index is 1500. The molecule has 0 amide bonds. The Balaban J connectivity index is 1.50. The largest absolute Gasteiger partial charge is 0.494 e. The van der Waals surface area contributed by atoms with Crippen LogP contribution in [0.5, 0.6) is 5.75 Å². The van der Waals surface area contributed by atoms with Gasteiger partial charge in [-0.1, -0.05) is 0 Å². The lowest BCUT2D eigenvalue weighted by Crippen LogP contribution is -2.36. The van der Waals surface area contributed by atoms with E-state index in [1.54, 1.807) is 12.1 Å². The summed E-state index contributed by atoms with van der Waals surface area (Å²) in [5.41, 5.74) is -0.384. The van der Waals surface area contributed by atoms with Crippen LogP contribution in [0.2, 0.25) is 0 Å². The highest BCUT2D eigenvalue weighted by atomic mass is 19.4. The van der Waals surface area contributed by atoms with E-state index in [9.17, 15) is 22.4 Å². The number of alkyl halides is 3. The molecule has 8 nitrogen and oxygen atoms in total. The van der Waals surface area contributed by atoms with Crippen molar-refractivity contribution >= 4 is 16.9 Å². The van der Waals surface area contributed by atoms with Gasteiger partial charge in [0.2, 0.25) is 5.95 Å². The topological polar surface area (TPSA) is 86.0 Å². The fourth-order valence-electron chi connectivity index (χ4n) is 4.80.